The minimum absolute atomic E-state index is 0.0206. The molecule has 0 radical (unpaired) electrons. The number of thiazole rings is 1. The Kier molecular flexibility index (Phi) is 6.21. The number of benzene rings is 1. The van der Waals surface area contributed by atoms with Gasteiger partial charge in [0, 0.05) is 28.8 Å². The maximum atomic E-state index is 12.4. The molecule has 9 heteroatoms. The van der Waals surface area contributed by atoms with Crippen molar-refractivity contribution in [1.82, 2.24) is 25.1 Å². The number of aromatic amines is 1. The van der Waals surface area contributed by atoms with Gasteiger partial charge < -0.3 is 5.32 Å². The Bertz CT molecular complexity index is 1230. The highest BCUT2D eigenvalue weighted by Gasteiger charge is 2.12. The summed E-state index contributed by atoms with van der Waals surface area (Å²) in [7, 11) is 0. The molecule has 30 heavy (non-hydrogen) atoms. The zero-order valence-corrected chi connectivity index (χ0v) is 19.1. The molecule has 1 aromatic carbocycles. The summed E-state index contributed by atoms with van der Waals surface area (Å²) in [5.41, 5.74) is 3.12. The van der Waals surface area contributed by atoms with Crippen molar-refractivity contribution in [2.24, 2.45) is 0 Å². The predicted octanol–water partition coefficient (Wildman–Crippen LogP) is 5.12. The molecule has 0 aliphatic rings. The number of aromatic nitrogens is 4. The van der Waals surface area contributed by atoms with Crippen LogP contribution in [0.15, 0.2) is 41.8 Å². The summed E-state index contributed by atoms with van der Waals surface area (Å²) in [5, 5.41) is 13.3. The second-order valence-electron chi connectivity index (χ2n) is 6.92. The van der Waals surface area contributed by atoms with Crippen molar-refractivity contribution in [1.29, 1.82) is 0 Å². The lowest BCUT2D eigenvalue weighted by atomic mass is 10.1. The molecule has 3 aromatic heterocycles. The summed E-state index contributed by atoms with van der Waals surface area (Å²) in [6.07, 6.45) is 0.330. The van der Waals surface area contributed by atoms with Crippen LogP contribution in [0.2, 0.25) is 0 Å². The smallest absolute Gasteiger partial charge is 0.222 e. The Morgan fingerprint density at radius 2 is 2.13 bits per heavy atom. The number of aryl methyl sites for hydroxylation is 2. The molecule has 1 amide bonds. The van der Waals surface area contributed by atoms with Crippen LogP contribution in [-0.2, 0) is 17.9 Å². The van der Waals surface area contributed by atoms with Crippen molar-refractivity contribution in [3.8, 4) is 22.0 Å². The molecule has 0 spiro atoms. The SMILES string of the molecule is Cc1cccc(-c2n[nH]c(=S)n2CCC(=O)NCc2ccc(-c3csc(C)n3)s2)c1. The van der Waals surface area contributed by atoms with Crippen LogP contribution in [0.5, 0.6) is 0 Å². The number of hydrogen-bond acceptors (Lipinski definition) is 6. The summed E-state index contributed by atoms with van der Waals surface area (Å²) in [6.45, 7) is 5.01. The van der Waals surface area contributed by atoms with E-state index in [1.807, 2.05) is 42.7 Å². The van der Waals surface area contributed by atoms with Crippen LogP contribution < -0.4 is 5.32 Å². The molecule has 4 rings (SSSR count). The first kappa shape index (κ1) is 20.6. The molecule has 0 aliphatic carbocycles. The highest BCUT2D eigenvalue weighted by Crippen LogP contribution is 2.29. The number of amides is 1. The molecule has 4 aromatic rings. The van der Waals surface area contributed by atoms with Gasteiger partial charge in [-0.15, -0.1) is 22.7 Å². The molecule has 2 N–H and O–H groups in total. The minimum atomic E-state index is -0.0206. The van der Waals surface area contributed by atoms with Gasteiger partial charge in [0.2, 0.25) is 5.91 Å². The van der Waals surface area contributed by atoms with Crippen LogP contribution in [0, 0.1) is 18.6 Å². The van der Waals surface area contributed by atoms with Gasteiger partial charge in [-0.05, 0) is 44.3 Å². The normalized spacial score (nSPS) is 11.0. The second kappa shape index (κ2) is 9.03. The van der Waals surface area contributed by atoms with E-state index >= 15 is 0 Å². The van der Waals surface area contributed by atoms with Crippen LogP contribution in [0.4, 0.5) is 0 Å². The number of thiophene rings is 1. The first-order chi connectivity index (χ1) is 14.5. The Morgan fingerprint density at radius 1 is 1.27 bits per heavy atom. The van der Waals surface area contributed by atoms with E-state index in [0.717, 1.165) is 37.4 Å². The molecule has 3 heterocycles. The van der Waals surface area contributed by atoms with Crippen molar-refractivity contribution in [2.75, 3.05) is 0 Å². The lowest BCUT2D eigenvalue weighted by molar-refractivity contribution is -0.121. The zero-order chi connectivity index (χ0) is 21.1. The third-order valence-corrected chi connectivity index (χ3v) is 6.78. The van der Waals surface area contributed by atoms with E-state index in [-0.39, 0.29) is 5.91 Å². The van der Waals surface area contributed by atoms with Gasteiger partial charge in [-0.2, -0.15) is 5.10 Å². The van der Waals surface area contributed by atoms with E-state index in [1.54, 1.807) is 22.7 Å². The largest absolute Gasteiger partial charge is 0.351 e. The van der Waals surface area contributed by atoms with E-state index in [0.29, 0.717) is 24.3 Å². The third-order valence-electron chi connectivity index (χ3n) is 4.59. The second-order valence-corrected chi connectivity index (χ2v) is 9.54. The molecule has 0 bridgehead atoms. The van der Waals surface area contributed by atoms with Crippen molar-refractivity contribution in [3.05, 3.63) is 62.0 Å². The predicted molar refractivity (Wildman–Crippen MR) is 124 cm³/mol. The van der Waals surface area contributed by atoms with E-state index in [2.05, 4.69) is 38.0 Å². The number of nitrogens with one attached hydrogen (secondary N) is 2. The summed E-state index contributed by atoms with van der Waals surface area (Å²) < 4.78 is 2.39. The monoisotopic (exact) mass is 455 g/mol. The van der Waals surface area contributed by atoms with Gasteiger partial charge in [0.1, 0.15) is 0 Å². The molecular weight excluding hydrogens is 434 g/mol. The first-order valence-corrected chi connectivity index (χ1v) is 11.6. The van der Waals surface area contributed by atoms with Gasteiger partial charge in [0.05, 0.1) is 22.1 Å². The summed E-state index contributed by atoms with van der Waals surface area (Å²) >= 11 is 8.65. The highest BCUT2D eigenvalue weighted by molar-refractivity contribution is 7.71. The van der Waals surface area contributed by atoms with Gasteiger partial charge in [0.15, 0.2) is 10.6 Å². The quantitative estimate of drug-likeness (QED) is 0.380. The van der Waals surface area contributed by atoms with Gasteiger partial charge in [-0.25, -0.2) is 4.98 Å². The topological polar surface area (TPSA) is 75.6 Å². The van der Waals surface area contributed by atoms with E-state index in [9.17, 15) is 4.79 Å². The molecular formula is C21H21N5OS3. The number of rotatable bonds is 7. The van der Waals surface area contributed by atoms with Gasteiger partial charge in [-0.1, -0.05) is 23.8 Å². The van der Waals surface area contributed by atoms with Crippen LogP contribution in [0.1, 0.15) is 21.9 Å². The van der Waals surface area contributed by atoms with Crippen LogP contribution >= 0.6 is 34.9 Å². The molecule has 154 valence electrons. The van der Waals surface area contributed by atoms with Crippen molar-refractivity contribution >= 4 is 40.8 Å². The molecule has 0 atom stereocenters. The number of hydrogen-bond donors (Lipinski definition) is 2. The van der Waals surface area contributed by atoms with Gasteiger partial charge in [0.25, 0.3) is 0 Å². The molecule has 0 saturated carbocycles. The Morgan fingerprint density at radius 3 is 2.90 bits per heavy atom. The lowest BCUT2D eigenvalue weighted by Gasteiger charge is -2.08. The average Bonchev–Trinajstić information content (AvgIpc) is 3.45. The third kappa shape index (κ3) is 4.75. The van der Waals surface area contributed by atoms with Crippen LogP contribution in [0.25, 0.3) is 22.0 Å². The lowest BCUT2D eigenvalue weighted by Crippen LogP contribution is -2.23. The molecule has 6 nitrogen and oxygen atoms in total. The van der Waals surface area contributed by atoms with Crippen molar-refractivity contribution < 1.29 is 4.79 Å². The number of H-pyrrole nitrogens is 1. The minimum Gasteiger partial charge on any atom is -0.351 e. The van der Waals surface area contributed by atoms with Gasteiger partial charge in [-0.3, -0.25) is 14.5 Å². The summed E-state index contributed by atoms with van der Waals surface area (Å²) in [5.74, 6) is 0.727. The fraction of sp³-hybridized carbons (Fsp3) is 0.238. The van der Waals surface area contributed by atoms with E-state index in [4.69, 9.17) is 12.2 Å². The number of carbonyl (C=O) groups is 1. The van der Waals surface area contributed by atoms with Crippen LogP contribution in [0.3, 0.4) is 0 Å². The maximum Gasteiger partial charge on any atom is 0.222 e. The Hall–Kier alpha value is -2.62. The van der Waals surface area contributed by atoms with E-state index in [1.165, 1.54) is 0 Å². The standard InChI is InChI=1S/C21H21N5OS3/c1-13-4-3-5-15(10-13)20-24-25-21(28)26(20)9-8-19(27)22-11-16-6-7-18(30-16)17-12-29-14(2)23-17/h3-7,10,12H,8-9,11H2,1-2H3,(H,22,27)(H,25,28). The summed E-state index contributed by atoms with van der Waals surface area (Å²) in [6, 6.07) is 12.2. The first-order valence-electron chi connectivity index (χ1n) is 9.50. The van der Waals surface area contributed by atoms with Crippen molar-refractivity contribution in [2.45, 2.75) is 33.4 Å². The zero-order valence-electron chi connectivity index (χ0n) is 16.6. The molecule has 0 saturated heterocycles. The Labute approximate surface area is 187 Å². The number of carbonyl (C=O) groups excluding carboxylic acids is 1. The van der Waals surface area contributed by atoms with E-state index < -0.39 is 0 Å². The molecule has 0 fully saturated rings. The maximum absolute atomic E-state index is 12.4. The van der Waals surface area contributed by atoms with Crippen LogP contribution in [-0.4, -0.2) is 25.7 Å². The Balaban J connectivity index is 1.35. The van der Waals surface area contributed by atoms with Crippen molar-refractivity contribution in [3.63, 3.8) is 0 Å². The summed E-state index contributed by atoms with van der Waals surface area (Å²) in [4.78, 5) is 19.1. The van der Waals surface area contributed by atoms with Gasteiger partial charge >= 0.3 is 0 Å². The molecule has 0 unspecified atom stereocenters. The number of nitrogens with zero attached hydrogens (tertiary/aromatic N) is 3. The highest BCUT2D eigenvalue weighted by atomic mass is 32.1. The molecule has 0 aliphatic heterocycles. The fourth-order valence-corrected chi connectivity index (χ4v) is 4.92. The average molecular weight is 456 g/mol. The fourth-order valence-electron chi connectivity index (χ4n) is 3.10.